The Labute approximate surface area is 83.2 Å². The first-order valence-electron chi connectivity index (χ1n) is 3.92. The minimum Gasteiger partial charge on any atom is -0.302 e. The summed E-state index contributed by atoms with van der Waals surface area (Å²) in [5.41, 5.74) is 1.52. The van der Waals surface area contributed by atoms with Crippen LogP contribution in [0, 0.1) is 0 Å². The molecule has 0 N–H and O–H groups in total. The van der Waals surface area contributed by atoms with Gasteiger partial charge in [-0.3, -0.25) is 4.79 Å². The number of thiocarbonyl (C=S) groups is 1. The molecule has 3 heteroatoms. The SMILES string of the molecule is C=C/C=C\C1=C(C)C(=O)N(C)C1=S. The lowest BCUT2D eigenvalue weighted by Crippen LogP contribution is -2.25. The molecule has 1 rings (SSSR count). The highest BCUT2D eigenvalue weighted by atomic mass is 32.1. The second-order valence-corrected chi connectivity index (χ2v) is 3.19. The van der Waals surface area contributed by atoms with E-state index in [0.29, 0.717) is 10.6 Å². The average Bonchev–Trinajstić information content (AvgIpc) is 2.30. The number of hydrogen-bond acceptors (Lipinski definition) is 2. The summed E-state index contributed by atoms with van der Waals surface area (Å²) in [4.78, 5) is 13.5. The van der Waals surface area contributed by atoms with Crippen LogP contribution in [-0.2, 0) is 4.79 Å². The molecule has 0 aromatic rings. The largest absolute Gasteiger partial charge is 0.302 e. The number of carbonyl (C=O) groups excluding carboxylic acids is 1. The van der Waals surface area contributed by atoms with E-state index in [1.165, 1.54) is 4.90 Å². The third-order valence-electron chi connectivity index (χ3n) is 1.96. The Hall–Kier alpha value is -1.22. The molecule has 68 valence electrons. The molecule has 0 aromatic heterocycles. The van der Waals surface area contributed by atoms with Gasteiger partial charge in [0, 0.05) is 18.2 Å². The van der Waals surface area contributed by atoms with Gasteiger partial charge >= 0.3 is 0 Å². The van der Waals surface area contributed by atoms with Crippen molar-refractivity contribution in [2.75, 3.05) is 7.05 Å². The molecule has 0 fully saturated rings. The molecule has 0 saturated heterocycles. The van der Waals surface area contributed by atoms with Gasteiger partial charge in [0.1, 0.15) is 4.99 Å². The standard InChI is InChI=1S/C10H11NOS/c1-4-5-6-8-7(2)9(12)11(3)10(8)13/h4-6H,1H2,2-3H3/b6-5-. The predicted molar refractivity (Wildman–Crippen MR) is 57.4 cm³/mol. The smallest absolute Gasteiger partial charge is 0.255 e. The first-order chi connectivity index (χ1) is 6.09. The van der Waals surface area contributed by atoms with E-state index in [-0.39, 0.29) is 5.91 Å². The maximum atomic E-state index is 11.4. The van der Waals surface area contributed by atoms with Gasteiger partial charge in [-0.25, -0.2) is 0 Å². The van der Waals surface area contributed by atoms with E-state index in [1.807, 2.05) is 6.08 Å². The lowest BCUT2D eigenvalue weighted by molar-refractivity contribution is -0.121. The molecule has 0 aromatic carbocycles. The lowest BCUT2D eigenvalue weighted by atomic mass is 10.1. The topological polar surface area (TPSA) is 20.3 Å². The van der Waals surface area contributed by atoms with Crippen molar-refractivity contribution in [3.8, 4) is 0 Å². The van der Waals surface area contributed by atoms with Crippen LogP contribution < -0.4 is 0 Å². The molecule has 2 nitrogen and oxygen atoms in total. The molecule has 1 aliphatic heterocycles. The number of likely N-dealkylation sites (N-methyl/N-ethyl adjacent to an activating group) is 1. The zero-order valence-electron chi connectivity index (χ0n) is 7.70. The Balaban J connectivity index is 3.07. The Morgan fingerprint density at radius 3 is 2.54 bits per heavy atom. The molecule has 1 heterocycles. The molecule has 0 spiro atoms. The monoisotopic (exact) mass is 193 g/mol. The molecular formula is C10H11NOS. The van der Waals surface area contributed by atoms with Crippen LogP contribution in [0.25, 0.3) is 0 Å². The van der Waals surface area contributed by atoms with Crippen molar-refractivity contribution >= 4 is 23.1 Å². The third-order valence-corrected chi connectivity index (χ3v) is 2.46. The molecule has 0 saturated carbocycles. The first-order valence-corrected chi connectivity index (χ1v) is 4.32. The molecule has 0 unspecified atom stereocenters. The quantitative estimate of drug-likeness (QED) is 0.492. The minimum atomic E-state index is -0.0197. The number of amides is 1. The van der Waals surface area contributed by atoms with Gasteiger partial charge in [0.15, 0.2) is 0 Å². The van der Waals surface area contributed by atoms with Crippen LogP contribution in [0.3, 0.4) is 0 Å². The maximum Gasteiger partial charge on any atom is 0.255 e. The van der Waals surface area contributed by atoms with Crippen LogP contribution in [0.15, 0.2) is 36.0 Å². The van der Waals surface area contributed by atoms with Crippen LogP contribution in [0.5, 0.6) is 0 Å². The molecule has 1 amide bonds. The Morgan fingerprint density at radius 2 is 2.15 bits per heavy atom. The van der Waals surface area contributed by atoms with Crippen molar-refractivity contribution in [3.05, 3.63) is 36.0 Å². The van der Waals surface area contributed by atoms with E-state index < -0.39 is 0 Å². The normalized spacial score (nSPS) is 17.8. The van der Waals surface area contributed by atoms with Crippen molar-refractivity contribution in [2.45, 2.75) is 6.92 Å². The Bertz CT molecular complexity index is 339. The number of nitrogens with zero attached hydrogens (tertiary/aromatic N) is 1. The maximum absolute atomic E-state index is 11.4. The molecule has 0 atom stereocenters. The van der Waals surface area contributed by atoms with Crippen LogP contribution in [0.1, 0.15) is 6.92 Å². The fourth-order valence-corrected chi connectivity index (χ4v) is 1.46. The summed E-state index contributed by atoms with van der Waals surface area (Å²) in [6.07, 6.45) is 5.25. The summed E-state index contributed by atoms with van der Waals surface area (Å²) in [6, 6.07) is 0. The van der Waals surface area contributed by atoms with Gasteiger partial charge < -0.3 is 4.90 Å². The van der Waals surface area contributed by atoms with E-state index in [0.717, 1.165) is 5.57 Å². The van der Waals surface area contributed by atoms with Crippen LogP contribution in [0.2, 0.25) is 0 Å². The lowest BCUT2D eigenvalue weighted by Gasteiger charge is -2.07. The van der Waals surface area contributed by atoms with Crippen LogP contribution >= 0.6 is 12.2 Å². The van der Waals surface area contributed by atoms with Gasteiger partial charge in [-0.2, -0.15) is 0 Å². The number of rotatable bonds is 2. The second-order valence-electron chi connectivity index (χ2n) is 2.80. The minimum absolute atomic E-state index is 0.0197. The van der Waals surface area contributed by atoms with Crippen molar-refractivity contribution in [1.82, 2.24) is 4.90 Å². The zero-order valence-corrected chi connectivity index (χ0v) is 8.52. The van der Waals surface area contributed by atoms with Gasteiger partial charge in [0.2, 0.25) is 0 Å². The Morgan fingerprint density at radius 1 is 1.54 bits per heavy atom. The average molecular weight is 193 g/mol. The number of carbonyl (C=O) groups is 1. The predicted octanol–water partition coefficient (Wildman–Crippen LogP) is 1.84. The van der Waals surface area contributed by atoms with E-state index in [9.17, 15) is 4.79 Å². The number of allylic oxidation sites excluding steroid dienone is 2. The van der Waals surface area contributed by atoms with Gasteiger partial charge in [-0.1, -0.05) is 37.0 Å². The summed E-state index contributed by atoms with van der Waals surface area (Å²) in [5.74, 6) is -0.0197. The summed E-state index contributed by atoms with van der Waals surface area (Å²) in [6.45, 7) is 5.34. The zero-order chi connectivity index (χ0) is 10.0. The summed E-state index contributed by atoms with van der Waals surface area (Å²) in [7, 11) is 1.68. The van der Waals surface area contributed by atoms with Crippen LogP contribution in [0.4, 0.5) is 0 Å². The number of hydrogen-bond donors (Lipinski definition) is 0. The van der Waals surface area contributed by atoms with Gasteiger partial charge in [-0.05, 0) is 6.92 Å². The van der Waals surface area contributed by atoms with Crippen molar-refractivity contribution < 1.29 is 4.79 Å². The van der Waals surface area contributed by atoms with Gasteiger partial charge in [0.05, 0.1) is 0 Å². The highest BCUT2D eigenvalue weighted by molar-refractivity contribution is 7.80. The fraction of sp³-hybridized carbons (Fsp3) is 0.200. The molecule has 0 bridgehead atoms. The molecular weight excluding hydrogens is 182 g/mol. The summed E-state index contributed by atoms with van der Waals surface area (Å²) < 4.78 is 0. The molecule has 0 radical (unpaired) electrons. The van der Waals surface area contributed by atoms with E-state index in [4.69, 9.17) is 12.2 Å². The molecule has 1 aliphatic rings. The second kappa shape index (κ2) is 3.66. The van der Waals surface area contributed by atoms with Gasteiger partial charge in [-0.15, -0.1) is 0 Å². The fourth-order valence-electron chi connectivity index (χ4n) is 1.16. The van der Waals surface area contributed by atoms with Crippen molar-refractivity contribution in [1.29, 1.82) is 0 Å². The van der Waals surface area contributed by atoms with E-state index >= 15 is 0 Å². The van der Waals surface area contributed by atoms with E-state index in [1.54, 1.807) is 26.1 Å². The van der Waals surface area contributed by atoms with Gasteiger partial charge in [0.25, 0.3) is 5.91 Å². The first kappa shape index (κ1) is 9.86. The van der Waals surface area contributed by atoms with Crippen molar-refractivity contribution in [2.24, 2.45) is 0 Å². The highest BCUT2D eigenvalue weighted by Crippen LogP contribution is 2.20. The van der Waals surface area contributed by atoms with Crippen LogP contribution in [-0.4, -0.2) is 22.8 Å². The third kappa shape index (κ3) is 1.60. The van der Waals surface area contributed by atoms with E-state index in [2.05, 4.69) is 6.58 Å². The summed E-state index contributed by atoms with van der Waals surface area (Å²) >= 11 is 5.09. The Kier molecular flexibility index (Phi) is 2.78. The summed E-state index contributed by atoms with van der Waals surface area (Å²) in [5, 5.41) is 0. The highest BCUT2D eigenvalue weighted by Gasteiger charge is 2.27. The van der Waals surface area contributed by atoms with Crippen molar-refractivity contribution in [3.63, 3.8) is 0 Å². The molecule has 0 aliphatic carbocycles. The molecule has 13 heavy (non-hydrogen) atoms.